The topological polar surface area (TPSA) is 86.5 Å². The Labute approximate surface area is 175 Å². The van der Waals surface area contributed by atoms with Crippen LogP contribution in [0.4, 0.5) is 16.2 Å². The molecule has 0 atom stereocenters. The van der Waals surface area contributed by atoms with Crippen LogP contribution in [0.25, 0.3) is 10.9 Å². The van der Waals surface area contributed by atoms with E-state index in [1.807, 2.05) is 23.1 Å². The van der Waals surface area contributed by atoms with E-state index in [1.54, 1.807) is 37.4 Å². The molecule has 0 radical (unpaired) electrons. The van der Waals surface area contributed by atoms with Crippen molar-refractivity contribution in [2.45, 2.75) is 25.7 Å². The highest BCUT2D eigenvalue weighted by Gasteiger charge is 2.15. The molecule has 30 heavy (non-hydrogen) atoms. The van der Waals surface area contributed by atoms with Crippen molar-refractivity contribution in [3.05, 3.63) is 54.2 Å². The van der Waals surface area contributed by atoms with Gasteiger partial charge >= 0.3 is 6.03 Å². The van der Waals surface area contributed by atoms with Crippen LogP contribution in [-0.2, 0) is 0 Å². The van der Waals surface area contributed by atoms with Gasteiger partial charge in [0.25, 0.3) is 5.91 Å². The summed E-state index contributed by atoms with van der Waals surface area (Å²) in [6, 6.07) is 14.5. The van der Waals surface area contributed by atoms with Crippen LogP contribution in [0.5, 0.6) is 5.75 Å². The number of H-pyrrole nitrogens is 1. The van der Waals surface area contributed by atoms with Crippen LogP contribution in [-0.4, -0.2) is 42.0 Å². The standard InChI is InChI=1S/C23H26N4O3/c1-30-19-11-6-16-14-21(26-20(16)15-19)22(28)24-17-7-9-18(10-8-17)25-23(29)27-12-4-2-3-5-13-27/h6-11,14-15,26H,2-5,12-13H2,1H3,(H,24,28)(H,25,29). The Morgan fingerprint density at radius 1 is 0.900 bits per heavy atom. The summed E-state index contributed by atoms with van der Waals surface area (Å²) in [6.45, 7) is 1.60. The molecule has 2 heterocycles. The maximum absolute atomic E-state index is 12.6. The van der Waals surface area contributed by atoms with Gasteiger partial charge in [0, 0.05) is 41.4 Å². The molecular formula is C23H26N4O3. The van der Waals surface area contributed by atoms with Gasteiger partial charge in [0.2, 0.25) is 0 Å². The number of aromatic nitrogens is 1. The van der Waals surface area contributed by atoms with Crippen molar-refractivity contribution in [3.8, 4) is 5.75 Å². The van der Waals surface area contributed by atoms with Crippen LogP contribution in [0, 0.1) is 0 Å². The summed E-state index contributed by atoms with van der Waals surface area (Å²) in [4.78, 5) is 30.0. The maximum atomic E-state index is 12.6. The van der Waals surface area contributed by atoms with Gasteiger partial charge in [-0.15, -0.1) is 0 Å². The number of rotatable bonds is 4. The van der Waals surface area contributed by atoms with Gasteiger partial charge < -0.3 is 25.3 Å². The van der Waals surface area contributed by atoms with Gasteiger partial charge in [0.05, 0.1) is 7.11 Å². The molecule has 7 nitrogen and oxygen atoms in total. The summed E-state index contributed by atoms with van der Waals surface area (Å²) in [5.41, 5.74) is 2.67. The summed E-state index contributed by atoms with van der Waals surface area (Å²) in [5.74, 6) is 0.501. The van der Waals surface area contributed by atoms with Crippen LogP contribution in [0.3, 0.4) is 0 Å². The van der Waals surface area contributed by atoms with Crippen molar-refractivity contribution < 1.29 is 14.3 Å². The Hall–Kier alpha value is -3.48. The number of nitrogens with one attached hydrogen (secondary N) is 3. The molecule has 3 N–H and O–H groups in total. The number of anilines is 2. The fourth-order valence-corrected chi connectivity index (χ4v) is 3.67. The predicted octanol–water partition coefficient (Wildman–Crippen LogP) is 4.84. The highest BCUT2D eigenvalue weighted by molar-refractivity contribution is 6.06. The van der Waals surface area contributed by atoms with Crippen molar-refractivity contribution in [3.63, 3.8) is 0 Å². The van der Waals surface area contributed by atoms with E-state index in [1.165, 1.54) is 12.8 Å². The van der Waals surface area contributed by atoms with Crippen LogP contribution in [0.15, 0.2) is 48.5 Å². The van der Waals surface area contributed by atoms with E-state index in [9.17, 15) is 9.59 Å². The van der Waals surface area contributed by atoms with Crippen LogP contribution in [0.1, 0.15) is 36.2 Å². The number of aromatic amines is 1. The third-order valence-corrected chi connectivity index (χ3v) is 5.36. The number of hydrogen-bond donors (Lipinski definition) is 3. The molecule has 0 spiro atoms. The van der Waals surface area contributed by atoms with Crippen molar-refractivity contribution in [1.82, 2.24) is 9.88 Å². The second-order valence-electron chi connectivity index (χ2n) is 7.50. The number of urea groups is 1. The van der Waals surface area contributed by atoms with Crippen LogP contribution < -0.4 is 15.4 Å². The molecule has 0 aliphatic carbocycles. The van der Waals surface area contributed by atoms with E-state index < -0.39 is 0 Å². The predicted molar refractivity (Wildman–Crippen MR) is 118 cm³/mol. The third-order valence-electron chi connectivity index (χ3n) is 5.36. The van der Waals surface area contributed by atoms with Gasteiger partial charge in [-0.05, 0) is 55.3 Å². The summed E-state index contributed by atoms with van der Waals surface area (Å²) in [6.07, 6.45) is 4.47. The normalized spacial score (nSPS) is 14.2. The first-order chi connectivity index (χ1) is 14.6. The van der Waals surface area contributed by atoms with Gasteiger partial charge in [-0.25, -0.2) is 4.79 Å². The Morgan fingerprint density at radius 3 is 2.23 bits per heavy atom. The van der Waals surface area contributed by atoms with Gasteiger partial charge in [-0.3, -0.25) is 4.79 Å². The van der Waals surface area contributed by atoms with Crippen LogP contribution >= 0.6 is 0 Å². The largest absolute Gasteiger partial charge is 0.497 e. The number of ether oxygens (including phenoxy) is 1. The van der Waals surface area contributed by atoms with E-state index in [4.69, 9.17) is 4.74 Å². The lowest BCUT2D eigenvalue weighted by Gasteiger charge is -2.20. The lowest BCUT2D eigenvalue weighted by molar-refractivity contribution is 0.102. The molecular weight excluding hydrogens is 380 g/mol. The number of carbonyl (C=O) groups is 2. The second kappa shape index (κ2) is 8.90. The molecule has 0 unspecified atom stereocenters. The quantitative estimate of drug-likeness (QED) is 0.580. The van der Waals surface area contributed by atoms with Gasteiger partial charge in [0.15, 0.2) is 0 Å². The Bertz CT molecular complexity index is 1030. The first kappa shape index (κ1) is 19.8. The fraction of sp³-hybridized carbons (Fsp3) is 0.304. The number of methoxy groups -OCH3 is 1. The van der Waals surface area contributed by atoms with Crippen molar-refractivity contribution in [2.75, 3.05) is 30.8 Å². The molecule has 2 aromatic carbocycles. The van der Waals surface area contributed by atoms with Gasteiger partial charge in [-0.1, -0.05) is 12.8 Å². The number of fused-ring (bicyclic) bond motifs is 1. The molecule has 0 saturated carbocycles. The molecule has 1 saturated heterocycles. The van der Waals surface area contributed by atoms with Crippen molar-refractivity contribution in [2.24, 2.45) is 0 Å². The molecule has 1 aliphatic heterocycles. The molecule has 1 fully saturated rings. The second-order valence-corrected chi connectivity index (χ2v) is 7.50. The lowest BCUT2D eigenvalue weighted by atomic mass is 10.2. The summed E-state index contributed by atoms with van der Waals surface area (Å²) >= 11 is 0. The highest BCUT2D eigenvalue weighted by atomic mass is 16.5. The van der Waals surface area contributed by atoms with Gasteiger partial charge in [-0.2, -0.15) is 0 Å². The number of amides is 3. The van der Waals surface area contributed by atoms with E-state index >= 15 is 0 Å². The third kappa shape index (κ3) is 4.56. The average molecular weight is 406 g/mol. The Morgan fingerprint density at radius 2 is 1.57 bits per heavy atom. The Kier molecular flexibility index (Phi) is 5.88. The number of carbonyl (C=O) groups excluding carboxylic acids is 2. The van der Waals surface area contributed by atoms with E-state index in [2.05, 4.69) is 15.6 Å². The smallest absolute Gasteiger partial charge is 0.321 e. The number of likely N-dealkylation sites (tertiary alicyclic amines) is 1. The van der Waals surface area contributed by atoms with Crippen molar-refractivity contribution >= 4 is 34.2 Å². The summed E-state index contributed by atoms with van der Waals surface area (Å²) < 4.78 is 5.22. The molecule has 156 valence electrons. The van der Waals surface area contributed by atoms with Gasteiger partial charge in [0.1, 0.15) is 11.4 Å². The molecule has 7 heteroatoms. The lowest BCUT2D eigenvalue weighted by Crippen LogP contribution is -2.35. The molecule has 0 bridgehead atoms. The monoisotopic (exact) mass is 406 g/mol. The zero-order valence-electron chi connectivity index (χ0n) is 17.0. The van der Waals surface area contributed by atoms with E-state index in [0.29, 0.717) is 17.1 Å². The number of hydrogen-bond acceptors (Lipinski definition) is 3. The SMILES string of the molecule is COc1ccc2cc(C(=O)Nc3ccc(NC(=O)N4CCCCCC4)cc3)[nH]c2c1. The highest BCUT2D eigenvalue weighted by Crippen LogP contribution is 2.22. The molecule has 4 rings (SSSR count). The number of benzene rings is 2. The molecule has 1 aliphatic rings. The molecule has 3 amide bonds. The average Bonchev–Trinajstić information content (AvgIpc) is 2.99. The minimum absolute atomic E-state index is 0.0674. The first-order valence-electron chi connectivity index (χ1n) is 10.3. The maximum Gasteiger partial charge on any atom is 0.321 e. The summed E-state index contributed by atoms with van der Waals surface area (Å²) in [5, 5.41) is 6.75. The fourth-order valence-electron chi connectivity index (χ4n) is 3.67. The zero-order chi connectivity index (χ0) is 20.9. The summed E-state index contributed by atoms with van der Waals surface area (Å²) in [7, 11) is 1.61. The Balaban J connectivity index is 1.38. The minimum Gasteiger partial charge on any atom is -0.497 e. The van der Waals surface area contributed by atoms with E-state index in [0.717, 1.165) is 42.6 Å². The molecule has 3 aromatic rings. The number of nitrogens with zero attached hydrogens (tertiary/aromatic N) is 1. The minimum atomic E-state index is -0.230. The molecule has 1 aromatic heterocycles. The zero-order valence-corrected chi connectivity index (χ0v) is 17.0. The van der Waals surface area contributed by atoms with Crippen molar-refractivity contribution in [1.29, 1.82) is 0 Å². The first-order valence-corrected chi connectivity index (χ1v) is 10.3. The van der Waals surface area contributed by atoms with E-state index in [-0.39, 0.29) is 11.9 Å². The van der Waals surface area contributed by atoms with Crippen LogP contribution in [0.2, 0.25) is 0 Å².